The number of hydrogen-bond acceptors (Lipinski definition) is 4. The molecule has 0 saturated carbocycles. The summed E-state index contributed by atoms with van der Waals surface area (Å²) in [5.41, 5.74) is 8.87. The van der Waals surface area contributed by atoms with Crippen molar-refractivity contribution < 1.29 is 4.74 Å². The van der Waals surface area contributed by atoms with Gasteiger partial charge >= 0.3 is 0 Å². The minimum atomic E-state index is -0.459. The lowest BCUT2D eigenvalue weighted by Crippen LogP contribution is -2.00. The molecule has 1 aromatic heterocycles. The Morgan fingerprint density at radius 3 is 3.00 bits per heavy atom. The average Bonchev–Trinajstić information content (AvgIpc) is 2.31. The van der Waals surface area contributed by atoms with Gasteiger partial charge in [-0.15, -0.1) is 0 Å². The van der Waals surface area contributed by atoms with E-state index in [2.05, 4.69) is 15.0 Å². The van der Waals surface area contributed by atoms with Gasteiger partial charge in [0.2, 0.25) is 5.88 Å². The van der Waals surface area contributed by atoms with Crippen LogP contribution >= 0.6 is 0 Å². The number of aromatic nitrogens is 1. The maximum atomic E-state index is 8.84. The summed E-state index contributed by atoms with van der Waals surface area (Å²) in [5.74, 6) is 0.0264. The van der Waals surface area contributed by atoms with E-state index in [0.717, 1.165) is 0 Å². The highest BCUT2D eigenvalue weighted by molar-refractivity contribution is 5.25. The van der Waals surface area contributed by atoms with Gasteiger partial charge in [-0.1, -0.05) is 11.2 Å². The van der Waals surface area contributed by atoms with Crippen LogP contribution in [0, 0.1) is 11.3 Å². The van der Waals surface area contributed by atoms with Gasteiger partial charge in [-0.25, -0.2) is 4.98 Å². The Bertz CT molecular complexity index is 402. The van der Waals surface area contributed by atoms with Crippen molar-refractivity contribution in [2.24, 2.45) is 5.11 Å². The van der Waals surface area contributed by atoms with E-state index >= 15 is 0 Å². The Kier molecular flexibility index (Phi) is 3.95. The summed E-state index contributed by atoms with van der Waals surface area (Å²) >= 11 is 0. The first kappa shape index (κ1) is 10.8. The molecular formula is C9H9N5O. The molecule has 0 bridgehead atoms. The molecule has 0 aliphatic rings. The largest absolute Gasteiger partial charge is 0.481 e. The molecule has 1 aromatic rings. The molecule has 1 atom stereocenters. The molecule has 0 fully saturated rings. The van der Waals surface area contributed by atoms with Crippen molar-refractivity contribution in [2.75, 3.05) is 13.7 Å². The molecular weight excluding hydrogens is 194 g/mol. The summed E-state index contributed by atoms with van der Waals surface area (Å²) in [6.07, 6.45) is 1.54. The van der Waals surface area contributed by atoms with Crippen LogP contribution < -0.4 is 4.74 Å². The summed E-state index contributed by atoms with van der Waals surface area (Å²) in [4.78, 5) is 6.58. The zero-order valence-corrected chi connectivity index (χ0v) is 8.16. The molecule has 0 radical (unpaired) electrons. The van der Waals surface area contributed by atoms with Crippen LogP contribution in [-0.2, 0) is 0 Å². The first-order valence-electron chi connectivity index (χ1n) is 4.22. The maximum Gasteiger partial charge on any atom is 0.212 e. The van der Waals surface area contributed by atoms with Crippen molar-refractivity contribution in [2.45, 2.75) is 5.92 Å². The Morgan fingerprint density at radius 1 is 1.73 bits per heavy atom. The molecule has 1 heterocycles. The SMILES string of the molecule is COc1ccc([C@H](C#N)CN=[N+]=[N-])cn1. The standard InChI is InChI=1S/C9H9N5O/c1-15-9-3-2-7(5-12-9)8(4-10)6-13-14-11/h2-3,5,8H,6H2,1H3/t8-/m1/s1. The molecule has 15 heavy (non-hydrogen) atoms. The molecule has 6 nitrogen and oxygen atoms in total. The topological polar surface area (TPSA) is 94.7 Å². The van der Waals surface area contributed by atoms with Crippen LogP contribution in [0.4, 0.5) is 0 Å². The van der Waals surface area contributed by atoms with Gasteiger partial charge in [-0.05, 0) is 11.1 Å². The van der Waals surface area contributed by atoms with E-state index in [-0.39, 0.29) is 6.54 Å². The molecule has 0 aliphatic heterocycles. The minimum absolute atomic E-state index is 0.112. The van der Waals surface area contributed by atoms with Crippen molar-refractivity contribution in [3.63, 3.8) is 0 Å². The molecule has 0 aromatic carbocycles. The molecule has 0 aliphatic carbocycles. The number of nitrogens with zero attached hydrogens (tertiary/aromatic N) is 5. The van der Waals surface area contributed by atoms with Crippen LogP contribution in [0.5, 0.6) is 5.88 Å². The smallest absolute Gasteiger partial charge is 0.212 e. The van der Waals surface area contributed by atoms with Gasteiger partial charge in [0.15, 0.2) is 0 Å². The number of hydrogen-bond donors (Lipinski definition) is 0. The van der Waals surface area contributed by atoms with Crippen LogP contribution in [0.2, 0.25) is 0 Å². The third-order valence-corrected chi connectivity index (χ3v) is 1.85. The van der Waals surface area contributed by atoms with E-state index in [1.165, 1.54) is 7.11 Å². The van der Waals surface area contributed by atoms with E-state index in [1.54, 1.807) is 18.3 Å². The van der Waals surface area contributed by atoms with Gasteiger partial charge in [0.05, 0.1) is 19.1 Å². The van der Waals surface area contributed by atoms with E-state index in [9.17, 15) is 0 Å². The summed E-state index contributed by atoms with van der Waals surface area (Å²) in [6.45, 7) is 0.112. The van der Waals surface area contributed by atoms with Gasteiger partial charge < -0.3 is 4.74 Å². The molecule has 76 valence electrons. The van der Waals surface area contributed by atoms with Crippen LogP contribution in [0.25, 0.3) is 10.4 Å². The summed E-state index contributed by atoms with van der Waals surface area (Å²) < 4.78 is 4.89. The number of ether oxygens (including phenoxy) is 1. The fourth-order valence-electron chi connectivity index (χ4n) is 1.06. The Labute approximate surface area is 86.8 Å². The number of azide groups is 1. The Morgan fingerprint density at radius 2 is 2.53 bits per heavy atom. The average molecular weight is 203 g/mol. The van der Waals surface area contributed by atoms with Gasteiger partial charge in [-0.2, -0.15) is 5.26 Å². The molecule has 0 saturated heterocycles. The monoisotopic (exact) mass is 203 g/mol. The van der Waals surface area contributed by atoms with Gasteiger partial charge in [0, 0.05) is 23.7 Å². The summed E-state index contributed by atoms with van der Waals surface area (Å²) in [7, 11) is 1.52. The van der Waals surface area contributed by atoms with Crippen molar-refractivity contribution in [1.82, 2.24) is 4.98 Å². The Balaban J connectivity index is 2.83. The molecule has 0 spiro atoms. The van der Waals surface area contributed by atoms with Crippen molar-refractivity contribution in [3.05, 3.63) is 34.3 Å². The maximum absolute atomic E-state index is 8.84. The van der Waals surface area contributed by atoms with Crippen LogP contribution in [0.3, 0.4) is 0 Å². The number of pyridine rings is 1. The first-order valence-corrected chi connectivity index (χ1v) is 4.22. The van der Waals surface area contributed by atoms with E-state index in [1.807, 2.05) is 6.07 Å². The third-order valence-electron chi connectivity index (χ3n) is 1.85. The lowest BCUT2D eigenvalue weighted by atomic mass is 10.0. The normalized spacial score (nSPS) is 10.9. The summed E-state index contributed by atoms with van der Waals surface area (Å²) in [5, 5.41) is 12.2. The van der Waals surface area contributed by atoms with Crippen LogP contribution in [0.1, 0.15) is 11.5 Å². The number of nitriles is 1. The lowest BCUT2D eigenvalue weighted by molar-refractivity contribution is 0.397. The highest BCUT2D eigenvalue weighted by Gasteiger charge is 2.09. The fourth-order valence-corrected chi connectivity index (χ4v) is 1.06. The number of rotatable bonds is 4. The first-order chi connectivity index (χ1) is 7.31. The molecule has 6 heteroatoms. The highest BCUT2D eigenvalue weighted by atomic mass is 16.5. The third kappa shape index (κ3) is 2.86. The van der Waals surface area contributed by atoms with Gasteiger partial charge in [0.25, 0.3) is 0 Å². The Hall–Kier alpha value is -2.25. The van der Waals surface area contributed by atoms with Gasteiger partial charge in [0.1, 0.15) is 0 Å². The molecule has 0 amide bonds. The van der Waals surface area contributed by atoms with Crippen molar-refractivity contribution >= 4 is 0 Å². The van der Waals surface area contributed by atoms with Crippen LogP contribution in [0.15, 0.2) is 23.4 Å². The summed E-state index contributed by atoms with van der Waals surface area (Å²) in [6, 6.07) is 5.44. The fraction of sp³-hybridized carbons (Fsp3) is 0.333. The molecule has 0 N–H and O–H groups in total. The van der Waals surface area contributed by atoms with Crippen LogP contribution in [-0.4, -0.2) is 18.6 Å². The second-order valence-electron chi connectivity index (χ2n) is 2.73. The highest BCUT2D eigenvalue weighted by Crippen LogP contribution is 2.16. The minimum Gasteiger partial charge on any atom is -0.481 e. The van der Waals surface area contributed by atoms with E-state index < -0.39 is 5.92 Å². The second-order valence-corrected chi connectivity index (χ2v) is 2.73. The zero-order valence-electron chi connectivity index (χ0n) is 8.16. The lowest BCUT2D eigenvalue weighted by Gasteiger charge is -2.05. The van der Waals surface area contributed by atoms with E-state index in [4.69, 9.17) is 15.5 Å². The second kappa shape index (κ2) is 5.47. The van der Waals surface area contributed by atoms with E-state index in [0.29, 0.717) is 11.4 Å². The molecule has 1 rings (SSSR count). The zero-order chi connectivity index (χ0) is 11.1. The predicted octanol–water partition coefficient (Wildman–Crippen LogP) is 2.01. The quantitative estimate of drug-likeness (QED) is 0.425. The van der Waals surface area contributed by atoms with Crippen molar-refractivity contribution in [1.29, 1.82) is 5.26 Å². The van der Waals surface area contributed by atoms with Crippen molar-refractivity contribution in [3.8, 4) is 11.9 Å². The molecule has 0 unspecified atom stereocenters. The van der Waals surface area contributed by atoms with Gasteiger partial charge in [-0.3, -0.25) is 0 Å². The number of methoxy groups -OCH3 is 1. The predicted molar refractivity (Wildman–Crippen MR) is 53.2 cm³/mol.